The minimum Gasteiger partial charge on any atom is -0.465 e. The normalized spacial score (nSPS) is 35.2. The molecule has 5 atom stereocenters. The van der Waals surface area contributed by atoms with Crippen LogP contribution in [0.25, 0.3) is 0 Å². The van der Waals surface area contributed by atoms with Gasteiger partial charge in [-0.25, -0.2) is 0 Å². The molecule has 0 aromatic rings. The molecule has 2 amide bonds. The molecule has 2 fully saturated rings. The molecule has 4 aliphatic rings. The van der Waals surface area contributed by atoms with Gasteiger partial charge in [0.05, 0.1) is 23.2 Å². The second-order valence-corrected chi connectivity index (χ2v) is 14.9. The number of amides is 2. The highest BCUT2D eigenvalue weighted by atomic mass is 32.2. The first kappa shape index (κ1) is 28.2. The van der Waals surface area contributed by atoms with E-state index >= 15 is 0 Å². The van der Waals surface area contributed by atoms with Crippen LogP contribution in [0, 0.1) is 17.3 Å². The van der Waals surface area contributed by atoms with Crippen LogP contribution in [0.5, 0.6) is 0 Å². The summed E-state index contributed by atoms with van der Waals surface area (Å²) >= 11 is 1.59. The maximum Gasteiger partial charge on any atom is 0.311 e. The molecule has 4 heterocycles. The lowest BCUT2D eigenvalue weighted by Crippen LogP contribution is -2.58. The highest BCUT2D eigenvalue weighted by Gasteiger charge is 2.74. The van der Waals surface area contributed by atoms with Crippen LogP contribution in [0.15, 0.2) is 24.3 Å². The zero-order valence-electron chi connectivity index (χ0n) is 23.3. The van der Waals surface area contributed by atoms with Crippen molar-refractivity contribution >= 4 is 29.5 Å². The van der Waals surface area contributed by atoms with Gasteiger partial charge >= 0.3 is 5.97 Å². The largest absolute Gasteiger partial charge is 0.465 e. The Morgan fingerprint density at radius 2 is 1.78 bits per heavy atom. The zero-order chi connectivity index (χ0) is 27.2. The van der Waals surface area contributed by atoms with Gasteiger partial charge in [-0.05, 0) is 58.3 Å². The van der Waals surface area contributed by atoms with E-state index in [1.807, 2.05) is 17.9 Å². The third-order valence-corrected chi connectivity index (χ3v) is 10.0. The van der Waals surface area contributed by atoms with Gasteiger partial charge in [0.15, 0.2) is 0 Å². The fourth-order valence-corrected chi connectivity index (χ4v) is 9.36. The number of ether oxygens (including phenoxy) is 1. The molecule has 37 heavy (non-hydrogen) atoms. The lowest BCUT2D eigenvalue weighted by molar-refractivity contribution is -0.154. The highest BCUT2D eigenvalue weighted by Crippen LogP contribution is 2.65. The van der Waals surface area contributed by atoms with Gasteiger partial charge in [0.25, 0.3) is 0 Å². The smallest absolute Gasteiger partial charge is 0.311 e. The summed E-state index contributed by atoms with van der Waals surface area (Å²) in [4.78, 5) is 45.9. The van der Waals surface area contributed by atoms with Gasteiger partial charge in [0, 0.05) is 30.0 Å². The van der Waals surface area contributed by atoms with E-state index in [2.05, 4.69) is 52.8 Å². The third kappa shape index (κ3) is 5.00. The summed E-state index contributed by atoms with van der Waals surface area (Å²) in [5.74, 6) is -1.90. The summed E-state index contributed by atoms with van der Waals surface area (Å²) in [6.45, 7) is 14.0. The molecule has 2 saturated heterocycles. The summed E-state index contributed by atoms with van der Waals surface area (Å²) in [5.41, 5.74) is -0.408. The number of cyclic esters (lactones) is 1. The molecule has 0 radical (unpaired) electrons. The van der Waals surface area contributed by atoms with Crippen molar-refractivity contribution in [3.63, 3.8) is 0 Å². The molecule has 0 aliphatic carbocycles. The van der Waals surface area contributed by atoms with Crippen LogP contribution in [0.1, 0.15) is 73.6 Å². The highest BCUT2D eigenvalue weighted by molar-refractivity contribution is 8.02. The Kier molecular flexibility index (Phi) is 7.67. The molecule has 0 aromatic heterocycles. The monoisotopic (exact) mass is 532 g/mol. The standard InChI is InChI=1S/C29H44N2O5S/c1-26(2,3)19-27(4,5)31-16-12-14-29-20(23(33)30(15-9-10-17-32)22(29)24(31)34)21-25(35)36-18-11-7-8-13-28(21,6)37-29/h8,12-14,20-22,32H,7,9-11,15-19H2,1-6H3/b13-8-/t20-,21-,22?,28+,29-/m0/s1. The number of hydrogen-bond donors (Lipinski definition) is 1. The van der Waals surface area contributed by atoms with Crippen molar-refractivity contribution in [3.8, 4) is 0 Å². The number of likely N-dealkylation sites (tertiary alicyclic amines) is 1. The molecule has 1 N–H and O–H groups in total. The zero-order valence-corrected chi connectivity index (χ0v) is 24.1. The molecular formula is C29H44N2O5S. The van der Waals surface area contributed by atoms with Crippen molar-refractivity contribution in [1.29, 1.82) is 0 Å². The summed E-state index contributed by atoms with van der Waals surface area (Å²) in [6, 6.07) is -0.708. The molecule has 0 aromatic carbocycles. The number of nitrogens with zero attached hydrogens (tertiary/aromatic N) is 2. The Bertz CT molecular complexity index is 985. The molecular weight excluding hydrogens is 488 g/mol. The van der Waals surface area contributed by atoms with Crippen LogP contribution in [-0.2, 0) is 19.1 Å². The number of carbonyl (C=O) groups excluding carboxylic acids is 3. The van der Waals surface area contributed by atoms with Crippen molar-refractivity contribution in [1.82, 2.24) is 9.80 Å². The SMILES string of the molecule is CC(C)(C)CC(C)(C)N1CC=C[C@]23S[C@]4(C)/C=C\CCCOC(=O)[C@@H]4[C@H]2C(=O)N(CCCCO)C3C1=O. The Balaban J connectivity index is 1.82. The van der Waals surface area contributed by atoms with E-state index < -0.39 is 32.9 Å². The van der Waals surface area contributed by atoms with Gasteiger partial charge in [-0.15, -0.1) is 11.8 Å². The minimum atomic E-state index is -0.859. The Morgan fingerprint density at radius 3 is 2.46 bits per heavy atom. The summed E-state index contributed by atoms with van der Waals surface area (Å²) in [5, 5.41) is 9.40. The number of thioether (sulfide) groups is 1. The fraction of sp³-hybridized carbons (Fsp3) is 0.759. The summed E-state index contributed by atoms with van der Waals surface area (Å²) in [6.07, 6.45) is 11.8. The Hall–Kier alpha value is -1.80. The topological polar surface area (TPSA) is 87.2 Å². The van der Waals surface area contributed by atoms with Crippen LogP contribution >= 0.6 is 11.8 Å². The maximum atomic E-state index is 14.6. The van der Waals surface area contributed by atoms with Gasteiger partial charge in [-0.2, -0.15) is 0 Å². The summed E-state index contributed by atoms with van der Waals surface area (Å²) in [7, 11) is 0. The first-order valence-corrected chi connectivity index (χ1v) is 14.5. The third-order valence-electron chi connectivity index (χ3n) is 8.25. The second-order valence-electron chi connectivity index (χ2n) is 13.1. The second kappa shape index (κ2) is 10.1. The number of unbranched alkanes of at least 4 members (excludes halogenated alkanes) is 1. The number of aliphatic hydroxyl groups excluding tert-OH is 1. The number of carbonyl (C=O) groups is 3. The summed E-state index contributed by atoms with van der Waals surface area (Å²) < 4.78 is 4.17. The average molecular weight is 533 g/mol. The van der Waals surface area contributed by atoms with Gasteiger partial charge < -0.3 is 19.6 Å². The van der Waals surface area contributed by atoms with Crippen molar-refractivity contribution < 1.29 is 24.2 Å². The van der Waals surface area contributed by atoms with E-state index in [9.17, 15) is 19.5 Å². The quantitative estimate of drug-likeness (QED) is 0.317. The Labute approximate surface area is 226 Å². The van der Waals surface area contributed by atoms with Gasteiger partial charge in [-0.1, -0.05) is 45.1 Å². The Morgan fingerprint density at radius 1 is 1.05 bits per heavy atom. The first-order valence-electron chi connectivity index (χ1n) is 13.7. The van der Waals surface area contributed by atoms with Gasteiger partial charge in [0.1, 0.15) is 6.04 Å². The number of esters is 1. The number of rotatable bonds is 6. The molecule has 0 saturated carbocycles. The number of hydrogen-bond acceptors (Lipinski definition) is 6. The molecule has 4 rings (SSSR count). The van der Waals surface area contributed by atoms with Crippen LogP contribution in [-0.4, -0.2) is 80.1 Å². The van der Waals surface area contributed by atoms with Crippen LogP contribution in [0.3, 0.4) is 0 Å². The van der Waals surface area contributed by atoms with E-state index in [0.29, 0.717) is 32.5 Å². The van der Waals surface area contributed by atoms with E-state index in [1.165, 1.54) is 0 Å². The maximum absolute atomic E-state index is 14.6. The fourth-order valence-electron chi connectivity index (χ4n) is 7.21. The predicted molar refractivity (Wildman–Crippen MR) is 146 cm³/mol. The van der Waals surface area contributed by atoms with E-state index in [4.69, 9.17) is 4.74 Å². The first-order chi connectivity index (χ1) is 17.3. The molecule has 0 bridgehead atoms. The minimum absolute atomic E-state index is 0.0143. The van der Waals surface area contributed by atoms with Crippen LogP contribution < -0.4 is 0 Å². The number of aliphatic hydroxyl groups is 1. The van der Waals surface area contributed by atoms with Crippen LogP contribution in [0.2, 0.25) is 0 Å². The van der Waals surface area contributed by atoms with E-state index in [1.54, 1.807) is 16.7 Å². The predicted octanol–water partition coefficient (Wildman–Crippen LogP) is 3.95. The van der Waals surface area contributed by atoms with E-state index in [0.717, 1.165) is 19.3 Å². The van der Waals surface area contributed by atoms with Gasteiger partial charge in [-0.3, -0.25) is 14.4 Å². The van der Waals surface area contributed by atoms with Crippen molar-refractivity contribution in [2.24, 2.45) is 17.3 Å². The lowest BCUT2D eigenvalue weighted by Gasteiger charge is -2.44. The molecule has 206 valence electrons. The number of fused-ring (bicyclic) bond motifs is 2. The number of allylic oxidation sites excluding steroid dienone is 1. The van der Waals surface area contributed by atoms with E-state index in [-0.39, 0.29) is 29.8 Å². The van der Waals surface area contributed by atoms with Crippen molar-refractivity contribution in [2.45, 2.75) is 94.7 Å². The molecule has 1 unspecified atom stereocenters. The molecule has 7 nitrogen and oxygen atoms in total. The van der Waals surface area contributed by atoms with Crippen molar-refractivity contribution in [3.05, 3.63) is 24.3 Å². The molecule has 4 aliphatic heterocycles. The molecule has 8 heteroatoms. The average Bonchev–Trinajstić information content (AvgIpc) is 3.11. The van der Waals surface area contributed by atoms with Crippen molar-refractivity contribution in [2.75, 3.05) is 26.3 Å². The molecule has 1 spiro atoms. The van der Waals surface area contributed by atoms with Crippen LogP contribution in [0.4, 0.5) is 0 Å². The van der Waals surface area contributed by atoms with Gasteiger partial charge in [0.2, 0.25) is 11.8 Å². The lowest BCUT2D eigenvalue weighted by atomic mass is 9.74.